The molecule has 2 heterocycles. The summed E-state index contributed by atoms with van der Waals surface area (Å²) < 4.78 is 2.44. The first kappa shape index (κ1) is 25.7. The molecule has 3 unspecified atom stereocenters. The lowest BCUT2D eigenvalue weighted by atomic mass is 9.81. The predicted molar refractivity (Wildman–Crippen MR) is 159 cm³/mol. The molecule has 38 heavy (non-hydrogen) atoms. The summed E-state index contributed by atoms with van der Waals surface area (Å²) in [5.41, 5.74) is 9.28. The van der Waals surface area contributed by atoms with Gasteiger partial charge in [0.25, 0.3) is 0 Å². The van der Waals surface area contributed by atoms with Gasteiger partial charge in [-0.05, 0) is 103 Å². The number of nitrogens with zero attached hydrogens (tertiary/aromatic N) is 2. The van der Waals surface area contributed by atoms with Gasteiger partial charge < -0.3 is 15.0 Å². The summed E-state index contributed by atoms with van der Waals surface area (Å²) in [7, 11) is 0. The van der Waals surface area contributed by atoms with Crippen LogP contribution < -0.4 is 5.32 Å². The van der Waals surface area contributed by atoms with Crippen molar-refractivity contribution < 1.29 is 5.11 Å². The number of nitrogens with one attached hydrogen (secondary N) is 1. The maximum absolute atomic E-state index is 9.76. The highest BCUT2D eigenvalue weighted by Gasteiger charge is 2.25. The zero-order valence-corrected chi connectivity index (χ0v) is 23.2. The van der Waals surface area contributed by atoms with Gasteiger partial charge in [0.15, 0.2) is 0 Å². The molecule has 202 valence electrons. The number of rotatable bonds is 5. The molecule has 2 fully saturated rings. The normalized spacial score (nSPS) is 24.8. The fourth-order valence-electron chi connectivity index (χ4n) is 7.49. The van der Waals surface area contributed by atoms with Gasteiger partial charge in [-0.15, -0.1) is 0 Å². The van der Waals surface area contributed by atoms with Crippen LogP contribution in [0.25, 0.3) is 22.2 Å². The Morgan fingerprint density at radius 2 is 1.71 bits per heavy atom. The lowest BCUT2D eigenvalue weighted by Crippen LogP contribution is -2.11. The Morgan fingerprint density at radius 1 is 0.921 bits per heavy atom. The molecule has 6 rings (SSSR count). The van der Waals surface area contributed by atoms with E-state index in [1.165, 1.54) is 104 Å². The SMILES string of the molecule is CCC1C=CNc2cc(C3CCCCC(CO)CCC3)cc(-c3ccc4c(c3)ncn4C3CCCCC3)c21. The molecule has 1 aromatic heterocycles. The average molecular weight is 512 g/mol. The van der Waals surface area contributed by atoms with E-state index in [1.807, 2.05) is 0 Å². The molecule has 3 aliphatic rings. The number of allylic oxidation sites excluding steroid dienone is 1. The lowest BCUT2D eigenvalue weighted by Gasteiger charge is -2.28. The molecule has 0 amide bonds. The number of hydrogen-bond donors (Lipinski definition) is 2. The molecule has 2 N–H and O–H groups in total. The third-order valence-corrected chi connectivity index (χ3v) is 9.74. The summed E-state index contributed by atoms with van der Waals surface area (Å²) in [5, 5.41) is 13.4. The fourth-order valence-corrected chi connectivity index (χ4v) is 7.49. The highest BCUT2D eigenvalue weighted by molar-refractivity contribution is 5.86. The van der Waals surface area contributed by atoms with Crippen LogP contribution in [0.5, 0.6) is 0 Å². The number of benzene rings is 2. The van der Waals surface area contributed by atoms with Crippen molar-refractivity contribution in [2.24, 2.45) is 5.92 Å². The summed E-state index contributed by atoms with van der Waals surface area (Å²) in [6.45, 7) is 2.65. The van der Waals surface area contributed by atoms with E-state index in [0.717, 1.165) is 18.4 Å². The highest BCUT2D eigenvalue weighted by atomic mass is 16.3. The van der Waals surface area contributed by atoms with Gasteiger partial charge in [0.05, 0.1) is 17.4 Å². The summed E-state index contributed by atoms with van der Waals surface area (Å²) in [6.07, 6.45) is 22.8. The minimum atomic E-state index is 0.349. The first-order valence-electron chi connectivity index (χ1n) is 15.4. The molecule has 0 bridgehead atoms. The van der Waals surface area contributed by atoms with Crippen molar-refractivity contribution in [3.05, 3.63) is 60.1 Å². The van der Waals surface area contributed by atoms with Crippen LogP contribution in [0.3, 0.4) is 0 Å². The second-order valence-electron chi connectivity index (χ2n) is 12.2. The molecule has 2 aliphatic carbocycles. The smallest absolute Gasteiger partial charge is 0.0960 e. The van der Waals surface area contributed by atoms with Crippen molar-refractivity contribution in [1.29, 1.82) is 0 Å². The van der Waals surface area contributed by atoms with Gasteiger partial charge in [-0.3, -0.25) is 0 Å². The zero-order chi connectivity index (χ0) is 25.9. The van der Waals surface area contributed by atoms with E-state index in [-0.39, 0.29) is 0 Å². The van der Waals surface area contributed by atoms with Crippen LogP contribution in [0.15, 0.2) is 48.9 Å². The Kier molecular flexibility index (Phi) is 7.87. The number of hydrogen-bond acceptors (Lipinski definition) is 3. The van der Waals surface area contributed by atoms with E-state index < -0.39 is 0 Å². The molecule has 0 radical (unpaired) electrons. The monoisotopic (exact) mass is 511 g/mol. The zero-order valence-electron chi connectivity index (χ0n) is 23.2. The van der Waals surface area contributed by atoms with Gasteiger partial charge in [0.1, 0.15) is 0 Å². The fraction of sp³-hybridized carbons (Fsp3) is 0.559. The van der Waals surface area contributed by atoms with Crippen LogP contribution in [0.1, 0.15) is 119 Å². The molecule has 2 aromatic carbocycles. The van der Waals surface area contributed by atoms with Crippen LogP contribution in [-0.4, -0.2) is 21.3 Å². The molecule has 4 nitrogen and oxygen atoms in total. The van der Waals surface area contributed by atoms with Crippen LogP contribution >= 0.6 is 0 Å². The summed E-state index contributed by atoms with van der Waals surface area (Å²) in [5.74, 6) is 1.50. The summed E-state index contributed by atoms with van der Waals surface area (Å²) in [6, 6.07) is 12.6. The largest absolute Gasteiger partial charge is 0.396 e. The van der Waals surface area contributed by atoms with Gasteiger partial charge in [-0.1, -0.05) is 63.7 Å². The van der Waals surface area contributed by atoms with Crippen LogP contribution in [-0.2, 0) is 0 Å². The molecular formula is C34H45N3O. The molecular weight excluding hydrogens is 466 g/mol. The molecule has 2 saturated carbocycles. The minimum Gasteiger partial charge on any atom is -0.396 e. The maximum Gasteiger partial charge on any atom is 0.0960 e. The first-order valence-corrected chi connectivity index (χ1v) is 15.4. The van der Waals surface area contributed by atoms with E-state index >= 15 is 0 Å². The number of aromatic nitrogens is 2. The lowest BCUT2D eigenvalue weighted by molar-refractivity contribution is 0.207. The van der Waals surface area contributed by atoms with E-state index in [9.17, 15) is 5.11 Å². The number of aliphatic hydroxyl groups is 1. The molecule has 4 heteroatoms. The maximum atomic E-state index is 9.76. The van der Waals surface area contributed by atoms with Crippen molar-refractivity contribution in [3.63, 3.8) is 0 Å². The number of anilines is 1. The van der Waals surface area contributed by atoms with Gasteiger partial charge >= 0.3 is 0 Å². The standard InChI is InChI=1S/C34H45N3O/c1-2-25-17-18-35-32-21-28(26-11-7-6-9-24(22-38)10-8-12-26)19-30(34(25)32)27-15-16-33-31(20-27)36-23-37(33)29-13-4-3-5-14-29/h15-21,23-26,29,35,38H,2-14,22H2,1H3. The molecule has 0 spiro atoms. The molecule has 3 aromatic rings. The second kappa shape index (κ2) is 11.7. The number of imidazole rings is 1. The third-order valence-electron chi connectivity index (χ3n) is 9.74. The second-order valence-corrected chi connectivity index (χ2v) is 12.2. The Morgan fingerprint density at radius 3 is 2.55 bits per heavy atom. The Bertz CT molecular complexity index is 1270. The molecule has 0 saturated heterocycles. The average Bonchev–Trinajstić information content (AvgIpc) is 3.44. The van der Waals surface area contributed by atoms with Gasteiger partial charge in [-0.25, -0.2) is 4.98 Å². The van der Waals surface area contributed by atoms with Crippen molar-refractivity contribution in [1.82, 2.24) is 9.55 Å². The van der Waals surface area contributed by atoms with Gasteiger partial charge in [-0.2, -0.15) is 0 Å². The summed E-state index contributed by atoms with van der Waals surface area (Å²) >= 11 is 0. The van der Waals surface area contributed by atoms with Gasteiger partial charge in [0, 0.05) is 24.3 Å². The van der Waals surface area contributed by atoms with Crippen LogP contribution in [0, 0.1) is 5.92 Å². The van der Waals surface area contributed by atoms with Crippen LogP contribution in [0.4, 0.5) is 5.69 Å². The Labute approximate surface area is 228 Å². The number of aliphatic hydroxyl groups excluding tert-OH is 1. The first-order chi connectivity index (χ1) is 18.7. The van der Waals surface area contributed by atoms with E-state index in [2.05, 4.69) is 65.7 Å². The summed E-state index contributed by atoms with van der Waals surface area (Å²) in [4.78, 5) is 4.90. The van der Waals surface area contributed by atoms with Crippen LogP contribution in [0.2, 0.25) is 0 Å². The molecule has 3 atom stereocenters. The van der Waals surface area contributed by atoms with E-state index in [1.54, 1.807) is 0 Å². The van der Waals surface area contributed by atoms with Gasteiger partial charge in [0.2, 0.25) is 0 Å². The van der Waals surface area contributed by atoms with Crippen molar-refractivity contribution in [2.45, 2.75) is 108 Å². The molecule has 1 aliphatic heterocycles. The van der Waals surface area contributed by atoms with Crippen molar-refractivity contribution >= 4 is 16.7 Å². The van der Waals surface area contributed by atoms with Crippen molar-refractivity contribution in [3.8, 4) is 11.1 Å². The topological polar surface area (TPSA) is 50.1 Å². The van der Waals surface area contributed by atoms with E-state index in [0.29, 0.717) is 30.4 Å². The predicted octanol–water partition coefficient (Wildman–Crippen LogP) is 9.08. The highest BCUT2D eigenvalue weighted by Crippen LogP contribution is 2.44. The quantitative estimate of drug-likeness (QED) is 0.359. The van der Waals surface area contributed by atoms with E-state index in [4.69, 9.17) is 4.98 Å². The number of fused-ring (bicyclic) bond motifs is 2. The van der Waals surface area contributed by atoms with Crippen molar-refractivity contribution in [2.75, 3.05) is 11.9 Å². The minimum absolute atomic E-state index is 0.349. The Hall–Kier alpha value is -2.59. The Balaban J connectivity index is 1.38. The third kappa shape index (κ3) is 5.17.